The second kappa shape index (κ2) is 10.4. The Hall–Kier alpha value is -1.96. The number of esters is 1. The number of aromatic nitrogens is 1. The zero-order chi connectivity index (χ0) is 18.9. The smallest absolute Gasteiger partial charge is 0.357 e. The van der Waals surface area contributed by atoms with Crippen molar-refractivity contribution >= 4 is 17.3 Å². The molecule has 6 nitrogen and oxygen atoms in total. The number of carbonyl (C=O) groups excluding carboxylic acids is 1. The summed E-state index contributed by atoms with van der Waals surface area (Å²) in [5.74, 6) is 0.476. The Labute approximate surface area is 164 Å². The zero-order valence-corrected chi connectivity index (χ0v) is 16.5. The summed E-state index contributed by atoms with van der Waals surface area (Å²) in [5, 5.41) is 2.53. The highest BCUT2D eigenvalue weighted by molar-refractivity contribution is 7.13. The highest BCUT2D eigenvalue weighted by Crippen LogP contribution is 2.26. The van der Waals surface area contributed by atoms with Crippen LogP contribution in [0.15, 0.2) is 29.6 Å². The third-order valence-corrected chi connectivity index (χ3v) is 5.22. The van der Waals surface area contributed by atoms with Crippen molar-refractivity contribution in [3.63, 3.8) is 0 Å². The first kappa shape index (κ1) is 19.8. The van der Waals surface area contributed by atoms with Gasteiger partial charge >= 0.3 is 5.97 Å². The van der Waals surface area contributed by atoms with Crippen molar-refractivity contribution in [1.29, 1.82) is 0 Å². The summed E-state index contributed by atoms with van der Waals surface area (Å²) in [6.45, 7) is 7.74. The molecule has 0 N–H and O–H groups in total. The third kappa shape index (κ3) is 6.02. The van der Waals surface area contributed by atoms with Gasteiger partial charge in [0.25, 0.3) is 0 Å². The predicted octanol–water partition coefficient (Wildman–Crippen LogP) is 3.48. The molecule has 1 fully saturated rings. The lowest BCUT2D eigenvalue weighted by molar-refractivity contribution is 0.0368. The fraction of sp³-hybridized carbons (Fsp3) is 0.500. The lowest BCUT2D eigenvalue weighted by Crippen LogP contribution is -2.36. The number of nitrogens with zero attached hydrogens (tertiary/aromatic N) is 2. The SMILES string of the molecule is CCOC(=O)c1csc(-c2ccc(OCCCCN3CCOCC3)cc2)n1. The molecule has 0 unspecified atom stereocenters. The van der Waals surface area contributed by atoms with E-state index in [0.717, 1.165) is 62.0 Å². The molecule has 1 aliphatic heterocycles. The van der Waals surface area contributed by atoms with Crippen LogP contribution in [-0.4, -0.2) is 61.9 Å². The Morgan fingerprint density at radius 2 is 2.00 bits per heavy atom. The second-order valence-corrected chi connectivity index (χ2v) is 7.15. The molecular weight excluding hydrogens is 364 g/mol. The number of carbonyl (C=O) groups is 1. The fourth-order valence-corrected chi connectivity index (χ4v) is 3.65. The minimum atomic E-state index is -0.378. The van der Waals surface area contributed by atoms with Crippen LogP contribution >= 0.6 is 11.3 Å². The predicted molar refractivity (Wildman–Crippen MR) is 105 cm³/mol. The van der Waals surface area contributed by atoms with E-state index in [1.54, 1.807) is 12.3 Å². The molecule has 0 radical (unpaired) electrons. The molecule has 1 aliphatic rings. The van der Waals surface area contributed by atoms with Crippen molar-refractivity contribution in [1.82, 2.24) is 9.88 Å². The van der Waals surface area contributed by atoms with E-state index in [9.17, 15) is 4.79 Å². The molecule has 0 saturated carbocycles. The van der Waals surface area contributed by atoms with E-state index in [1.807, 2.05) is 24.3 Å². The summed E-state index contributed by atoms with van der Waals surface area (Å²) in [4.78, 5) is 18.5. The number of benzene rings is 1. The highest BCUT2D eigenvalue weighted by atomic mass is 32.1. The average molecular weight is 391 g/mol. The first-order valence-electron chi connectivity index (χ1n) is 9.42. The van der Waals surface area contributed by atoms with Crippen LogP contribution in [0.25, 0.3) is 10.6 Å². The van der Waals surface area contributed by atoms with Crippen molar-refractivity contribution in [3.8, 4) is 16.3 Å². The molecule has 1 aromatic carbocycles. The largest absolute Gasteiger partial charge is 0.494 e. The molecule has 0 atom stereocenters. The summed E-state index contributed by atoms with van der Waals surface area (Å²) in [6, 6.07) is 7.83. The quantitative estimate of drug-likeness (QED) is 0.483. The Bertz CT molecular complexity index is 711. The summed E-state index contributed by atoms with van der Waals surface area (Å²) in [5.41, 5.74) is 1.33. The van der Waals surface area contributed by atoms with Gasteiger partial charge in [-0.05, 0) is 50.6 Å². The molecule has 2 aromatic rings. The van der Waals surface area contributed by atoms with Gasteiger partial charge in [-0.25, -0.2) is 9.78 Å². The fourth-order valence-electron chi connectivity index (χ4n) is 2.85. The van der Waals surface area contributed by atoms with Crippen molar-refractivity contribution in [2.75, 3.05) is 46.1 Å². The maximum atomic E-state index is 11.7. The van der Waals surface area contributed by atoms with Crippen molar-refractivity contribution in [2.45, 2.75) is 19.8 Å². The third-order valence-electron chi connectivity index (χ3n) is 4.33. The first-order chi connectivity index (χ1) is 13.3. The summed E-state index contributed by atoms with van der Waals surface area (Å²) in [7, 11) is 0. The molecule has 0 aliphatic carbocycles. The monoisotopic (exact) mass is 390 g/mol. The van der Waals surface area contributed by atoms with E-state index in [2.05, 4.69) is 9.88 Å². The molecule has 7 heteroatoms. The maximum absolute atomic E-state index is 11.7. The Morgan fingerprint density at radius 1 is 1.22 bits per heavy atom. The Balaban J connectivity index is 1.41. The van der Waals surface area contributed by atoms with Gasteiger partial charge in [0.2, 0.25) is 0 Å². The van der Waals surface area contributed by atoms with E-state index in [4.69, 9.17) is 14.2 Å². The number of thiazole rings is 1. The molecule has 2 heterocycles. The van der Waals surface area contributed by atoms with Gasteiger partial charge < -0.3 is 14.2 Å². The van der Waals surface area contributed by atoms with Gasteiger partial charge in [-0.15, -0.1) is 11.3 Å². The van der Waals surface area contributed by atoms with Crippen molar-refractivity contribution < 1.29 is 19.0 Å². The number of unbranched alkanes of at least 4 members (excludes halogenated alkanes) is 1. The first-order valence-corrected chi connectivity index (χ1v) is 10.3. The molecule has 27 heavy (non-hydrogen) atoms. The second-order valence-electron chi connectivity index (χ2n) is 6.29. The molecule has 0 spiro atoms. The normalized spacial score (nSPS) is 14.9. The number of hydrogen-bond donors (Lipinski definition) is 0. The van der Waals surface area contributed by atoms with Crippen LogP contribution in [0.1, 0.15) is 30.3 Å². The minimum Gasteiger partial charge on any atom is -0.494 e. The van der Waals surface area contributed by atoms with Gasteiger partial charge in [-0.2, -0.15) is 0 Å². The van der Waals surface area contributed by atoms with Crippen molar-refractivity contribution in [3.05, 3.63) is 35.3 Å². The molecule has 0 bridgehead atoms. The van der Waals surface area contributed by atoms with Crippen LogP contribution in [0.5, 0.6) is 5.75 Å². The number of rotatable bonds is 9. The van der Waals surface area contributed by atoms with Gasteiger partial charge in [-0.3, -0.25) is 4.90 Å². The van der Waals surface area contributed by atoms with Crippen LogP contribution in [0.3, 0.4) is 0 Å². The van der Waals surface area contributed by atoms with E-state index < -0.39 is 0 Å². The van der Waals surface area contributed by atoms with E-state index in [1.165, 1.54) is 11.3 Å². The standard InChI is InChI=1S/C20H26N2O4S/c1-2-25-20(23)18-15-27-19(21-18)16-5-7-17(8-6-16)26-12-4-3-9-22-10-13-24-14-11-22/h5-8,15H,2-4,9-14H2,1H3. The minimum absolute atomic E-state index is 0.351. The van der Waals surface area contributed by atoms with Crippen LogP contribution < -0.4 is 4.74 Å². The molecule has 1 aromatic heterocycles. The number of ether oxygens (including phenoxy) is 3. The summed E-state index contributed by atoms with van der Waals surface area (Å²) < 4.78 is 16.2. The lowest BCUT2D eigenvalue weighted by atomic mass is 10.2. The summed E-state index contributed by atoms with van der Waals surface area (Å²) in [6.07, 6.45) is 2.17. The lowest BCUT2D eigenvalue weighted by Gasteiger charge is -2.26. The molecule has 0 amide bonds. The average Bonchev–Trinajstić information content (AvgIpc) is 3.20. The number of hydrogen-bond acceptors (Lipinski definition) is 7. The molecular formula is C20H26N2O4S. The molecule has 3 rings (SSSR count). The topological polar surface area (TPSA) is 60.9 Å². The van der Waals surface area contributed by atoms with Crippen LogP contribution in [0, 0.1) is 0 Å². The van der Waals surface area contributed by atoms with Gasteiger partial charge in [0, 0.05) is 24.0 Å². The van der Waals surface area contributed by atoms with Gasteiger partial charge in [0.05, 0.1) is 26.4 Å². The van der Waals surface area contributed by atoms with Crippen molar-refractivity contribution in [2.24, 2.45) is 0 Å². The van der Waals surface area contributed by atoms with E-state index in [0.29, 0.717) is 18.9 Å². The van der Waals surface area contributed by atoms with E-state index >= 15 is 0 Å². The van der Waals surface area contributed by atoms with Crippen LogP contribution in [0.4, 0.5) is 0 Å². The van der Waals surface area contributed by atoms with Gasteiger partial charge in [0.1, 0.15) is 10.8 Å². The highest BCUT2D eigenvalue weighted by Gasteiger charge is 2.13. The van der Waals surface area contributed by atoms with Gasteiger partial charge in [0.15, 0.2) is 5.69 Å². The van der Waals surface area contributed by atoms with Crippen LogP contribution in [0.2, 0.25) is 0 Å². The molecule has 146 valence electrons. The molecule has 1 saturated heterocycles. The van der Waals surface area contributed by atoms with E-state index in [-0.39, 0.29) is 5.97 Å². The number of morpholine rings is 1. The summed E-state index contributed by atoms with van der Waals surface area (Å²) >= 11 is 1.43. The Kier molecular flexibility index (Phi) is 7.62. The maximum Gasteiger partial charge on any atom is 0.357 e. The Morgan fingerprint density at radius 3 is 2.74 bits per heavy atom. The van der Waals surface area contributed by atoms with Crippen LogP contribution in [-0.2, 0) is 9.47 Å². The van der Waals surface area contributed by atoms with Gasteiger partial charge in [-0.1, -0.05) is 0 Å². The zero-order valence-electron chi connectivity index (χ0n) is 15.7.